The van der Waals surface area contributed by atoms with E-state index in [1.807, 2.05) is 42.5 Å². The Labute approximate surface area is 129 Å². The van der Waals surface area contributed by atoms with Gasteiger partial charge in [-0.3, -0.25) is 4.55 Å². The summed E-state index contributed by atoms with van der Waals surface area (Å²) in [4.78, 5) is -0.124. The van der Waals surface area contributed by atoms with Gasteiger partial charge in [0.15, 0.2) is 0 Å². The summed E-state index contributed by atoms with van der Waals surface area (Å²) in [6, 6.07) is 18.5. The van der Waals surface area contributed by atoms with Gasteiger partial charge >= 0.3 is 0 Å². The van der Waals surface area contributed by atoms with E-state index in [2.05, 4.69) is 5.32 Å². The fourth-order valence-electron chi connectivity index (χ4n) is 2.37. The van der Waals surface area contributed by atoms with Crippen LogP contribution >= 0.6 is 0 Å². The molecule has 4 nitrogen and oxygen atoms in total. The Bertz CT molecular complexity index is 949. The molecule has 0 amide bonds. The second kappa shape index (κ2) is 5.44. The van der Waals surface area contributed by atoms with E-state index in [9.17, 15) is 13.0 Å². The van der Waals surface area contributed by atoms with E-state index >= 15 is 0 Å². The Kier molecular flexibility index (Phi) is 3.60. The number of rotatable bonds is 3. The highest BCUT2D eigenvalue weighted by atomic mass is 32.2. The largest absolute Gasteiger partial charge is 0.354 e. The Morgan fingerprint density at radius 3 is 2.36 bits per heavy atom. The van der Waals surface area contributed by atoms with E-state index < -0.39 is 10.1 Å². The molecule has 0 saturated heterocycles. The van der Waals surface area contributed by atoms with Gasteiger partial charge in [-0.25, -0.2) is 0 Å². The average Bonchev–Trinajstić information content (AvgIpc) is 2.48. The number of nitrogens with one attached hydrogen (secondary N) is 1. The van der Waals surface area contributed by atoms with Gasteiger partial charge in [-0.2, -0.15) is 8.42 Å². The molecule has 5 heteroatoms. The maximum atomic E-state index is 11.5. The Morgan fingerprint density at radius 1 is 0.909 bits per heavy atom. The van der Waals surface area contributed by atoms with Crippen LogP contribution in [-0.2, 0) is 10.1 Å². The van der Waals surface area contributed by atoms with Gasteiger partial charge in [-0.05, 0) is 47.5 Å². The monoisotopic (exact) mass is 313 g/mol. The molecular formula is C17H15NO3S. The molecule has 0 heterocycles. The molecule has 0 aliphatic carbocycles. The molecule has 3 rings (SSSR count). The van der Waals surface area contributed by atoms with E-state index in [0.29, 0.717) is 5.69 Å². The van der Waals surface area contributed by atoms with Gasteiger partial charge in [0, 0.05) is 5.69 Å². The van der Waals surface area contributed by atoms with Gasteiger partial charge in [0.25, 0.3) is 10.1 Å². The Balaban J connectivity index is 2.05. The molecule has 3 aromatic carbocycles. The fourth-order valence-corrected chi connectivity index (χ4v) is 3.10. The summed E-state index contributed by atoms with van der Waals surface area (Å²) in [5, 5.41) is 5.21. The molecule has 0 aliphatic heterocycles. The molecular weight excluding hydrogens is 298 g/mol. The van der Waals surface area contributed by atoms with Crippen molar-refractivity contribution in [2.75, 3.05) is 5.32 Å². The first-order chi connectivity index (χ1) is 10.4. The van der Waals surface area contributed by atoms with Crippen molar-refractivity contribution in [3.8, 4) is 0 Å². The molecule has 0 saturated carbocycles. The van der Waals surface area contributed by atoms with Gasteiger partial charge in [-0.15, -0.1) is 0 Å². The molecule has 112 valence electrons. The first-order valence-electron chi connectivity index (χ1n) is 6.77. The summed E-state index contributed by atoms with van der Waals surface area (Å²) >= 11 is 0. The normalized spacial score (nSPS) is 11.5. The van der Waals surface area contributed by atoms with E-state index in [4.69, 9.17) is 0 Å². The fraction of sp³-hybridized carbons (Fsp3) is 0.0588. The standard InChI is InChI=1S/C17H15NO3S/c1-12-6-9-16(17(10-12)22(19,20)21)18-15-8-7-13-4-2-3-5-14(13)11-15/h2-11,18H,1H3,(H,19,20,21). The summed E-state index contributed by atoms with van der Waals surface area (Å²) in [5.74, 6) is 0. The van der Waals surface area contributed by atoms with E-state index in [-0.39, 0.29) is 4.90 Å². The van der Waals surface area contributed by atoms with Crippen molar-refractivity contribution in [3.05, 3.63) is 66.2 Å². The lowest BCUT2D eigenvalue weighted by Gasteiger charge is -2.12. The zero-order valence-corrected chi connectivity index (χ0v) is 12.8. The summed E-state index contributed by atoms with van der Waals surface area (Å²) in [6.45, 7) is 1.77. The number of fused-ring (bicyclic) bond motifs is 1. The first kappa shape index (κ1) is 14.6. The van der Waals surface area contributed by atoms with Gasteiger partial charge in [0.1, 0.15) is 4.90 Å². The molecule has 0 spiro atoms. The topological polar surface area (TPSA) is 66.4 Å². The van der Waals surface area contributed by atoms with Crippen molar-refractivity contribution in [2.24, 2.45) is 0 Å². The predicted octanol–water partition coefficient (Wildman–Crippen LogP) is 4.14. The molecule has 3 aromatic rings. The lowest BCUT2D eigenvalue weighted by Crippen LogP contribution is -2.03. The number of benzene rings is 3. The summed E-state index contributed by atoms with van der Waals surface area (Å²) in [5.41, 5.74) is 1.87. The maximum absolute atomic E-state index is 11.5. The SMILES string of the molecule is Cc1ccc(Nc2ccc3ccccc3c2)c(S(=O)(=O)O)c1. The van der Waals surface area contributed by atoms with Crippen molar-refractivity contribution >= 4 is 32.3 Å². The highest BCUT2D eigenvalue weighted by Crippen LogP contribution is 2.27. The highest BCUT2D eigenvalue weighted by Gasteiger charge is 2.15. The molecule has 0 radical (unpaired) electrons. The van der Waals surface area contributed by atoms with Crippen LogP contribution in [0.1, 0.15) is 5.56 Å². The van der Waals surface area contributed by atoms with E-state index in [1.54, 1.807) is 19.1 Å². The quantitative estimate of drug-likeness (QED) is 0.713. The number of hydrogen-bond acceptors (Lipinski definition) is 3. The molecule has 22 heavy (non-hydrogen) atoms. The summed E-state index contributed by atoms with van der Waals surface area (Å²) < 4.78 is 32.4. The Hall–Kier alpha value is -2.37. The van der Waals surface area contributed by atoms with Gasteiger partial charge < -0.3 is 5.32 Å². The lowest BCUT2D eigenvalue weighted by molar-refractivity contribution is 0.483. The van der Waals surface area contributed by atoms with Crippen LogP contribution in [0.3, 0.4) is 0 Å². The third-order valence-corrected chi connectivity index (χ3v) is 4.34. The maximum Gasteiger partial charge on any atom is 0.296 e. The van der Waals surface area contributed by atoms with Crippen LogP contribution in [0.2, 0.25) is 0 Å². The van der Waals surface area contributed by atoms with Crippen LogP contribution in [-0.4, -0.2) is 13.0 Å². The average molecular weight is 313 g/mol. The molecule has 0 aromatic heterocycles. The third kappa shape index (κ3) is 2.95. The minimum atomic E-state index is -4.28. The van der Waals surface area contributed by atoms with Crippen molar-refractivity contribution < 1.29 is 13.0 Å². The van der Waals surface area contributed by atoms with Gasteiger partial charge in [0.2, 0.25) is 0 Å². The van der Waals surface area contributed by atoms with Gasteiger partial charge in [-0.1, -0.05) is 36.4 Å². The van der Waals surface area contributed by atoms with E-state index in [1.165, 1.54) is 6.07 Å². The number of hydrogen-bond donors (Lipinski definition) is 2. The second-order valence-electron chi connectivity index (χ2n) is 5.16. The van der Waals surface area contributed by atoms with Crippen LogP contribution in [0.4, 0.5) is 11.4 Å². The minimum Gasteiger partial charge on any atom is -0.354 e. The number of anilines is 2. The number of aryl methyl sites for hydroxylation is 1. The molecule has 0 unspecified atom stereocenters. The summed E-state index contributed by atoms with van der Waals surface area (Å²) in [6.07, 6.45) is 0. The first-order valence-corrected chi connectivity index (χ1v) is 8.21. The zero-order valence-electron chi connectivity index (χ0n) is 11.9. The van der Waals surface area contributed by atoms with Crippen LogP contribution in [0, 0.1) is 6.92 Å². The van der Waals surface area contributed by atoms with Gasteiger partial charge in [0.05, 0.1) is 5.69 Å². The zero-order chi connectivity index (χ0) is 15.7. The van der Waals surface area contributed by atoms with Crippen molar-refractivity contribution in [1.29, 1.82) is 0 Å². The van der Waals surface area contributed by atoms with Crippen molar-refractivity contribution in [1.82, 2.24) is 0 Å². The molecule has 2 N–H and O–H groups in total. The van der Waals surface area contributed by atoms with Crippen LogP contribution in [0.5, 0.6) is 0 Å². The predicted molar refractivity (Wildman–Crippen MR) is 88.2 cm³/mol. The molecule has 0 bridgehead atoms. The highest BCUT2D eigenvalue weighted by molar-refractivity contribution is 7.86. The summed E-state index contributed by atoms with van der Waals surface area (Å²) in [7, 11) is -4.28. The minimum absolute atomic E-state index is 0.124. The second-order valence-corrected chi connectivity index (χ2v) is 6.55. The van der Waals surface area contributed by atoms with Crippen molar-refractivity contribution in [2.45, 2.75) is 11.8 Å². The van der Waals surface area contributed by atoms with Crippen LogP contribution < -0.4 is 5.32 Å². The van der Waals surface area contributed by atoms with Crippen LogP contribution in [0.25, 0.3) is 10.8 Å². The molecule has 0 fully saturated rings. The smallest absolute Gasteiger partial charge is 0.296 e. The molecule has 0 aliphatic rings. The van der Waals surface area contributed by atoms with Crippen LogP contribution in [0.15, 0.2) is 65.6 Å². The van der Waals surface area contributed by atoms with E-state index in [0.717, 1.165) is 22.0 Å². The van der Waals surface area contributed by atoms with Crippen molar-refractivity contribution in [3.63, 3.8) is 0 Å². The third-order valence-electron chi connectivity index (χ3n) is 3.44. The Morgan fingerprint density at radius 2 is 1.64 bits per heavy atom. The lowest BCUT2D eigenvalue weighted by atomic mass is 10.1. The molecule has 0 atom stereocenters.